The molecule has 0 aromatic heterocycles. The number of carbonyl (C=O) groups excluding carboxylic acids is 1. The number of carbonyl (C=O) groups is 1. The molecule has 0 bridgehead atoms. The third kappa shape index (κ3) is 4.78. The zero-order valence-electron chi connectivity index (χ0n) is 7.99. The van der Waals surface area contributed by atoms with E-state index in [-0.39, 0.29) is 18.2 Å². The van der Waals surface area contributed by atoms with Crippen molar-refractivity contribution in [3.05, 3.63) is 37.3 Å². The van der Waals surface area contributed by atoms with Crippen LogP contribution in [0.2, 0.25) is 0 Å². The summed E-state index contributed by atoms with van der Waals surface area (Å²) in [6, 6.07) is 0. The van der Waals surface area contributed by atoms with E-state index in [0.29, 0.717) is 5.57 Å². The Kier molecular flexibility index (Phi) is 11.4. The van der Waals surface area contributed by atoms with E-state index in [1.807, 2.05) is 0 Å². The lowest BCUT2D eigenvalue weighted by Crippen LogP contribution is -2.20. The maximum absolute atomic E-state index is 11.2. The molecule has 0 aliphatic rings. The first-order valence-electron chi connectivity index (χ1n) is 3.13. The summed E-state index contributed by atoms with van der Waals surface area (Å²) in [5.41, 5.74) is 5.60. The zero-order valence-corrected chi connectivity index (χ0v) is 7.99. The van der Waals surface area contributed by atoms with Gasteiger partial charge in [-0.3, -0.25) is 9.69 Å². The van der Waals surface area contributed by atoms with Gasteiger partial charge in [-0.1, -0.05) is 13.2 Å². The number of rotatable bonds is 3. The van der Waals surface area contributed by atoms with E-state index >= 15 is 0 Å². The normalized spacial score (nSPS) is 8.85. The molecule has 0 aromatic carbocycles. The van der Waals surface area contributed by atoms with Gasteiger partial charge in [0.1, 0.15) is 0 Å². The van der Waals surface area contributed by atoms with Gasteiger partial charge in [0.2, 0.25) is 0 Å². The van der Waals surface area contributed by atoms with Gasteiger partial charge in [-0.25, -0.2) is 0 Å². The highest BCUT2D eigenvalue weighted by molar-refractivity contribution is 5.93. The predicted octanol–water partition coefficient (Wildman–Crippen LogP) is 1.29. The lowest BCUT2D eigenvalue weighted by Gasteiger charge is -2.11. The van der Waals surface area contributed by atoms with Crippen molar-refractivity contribution in [2.75, 3.05) is 0 Å². The molecule has 0 radical (unpaired) electrons. The molecule has 0 atom stereocenters. The summed E-state index contributed by atoms with van der Waals surface area (Å²) in [7, 11) is 0. The molecule has 13 heavy (non-hydrogen) atoms. The van der Waals surface area contributed by atoms with Crippen molar-refractivity contribution in [1.82, 2.24) is 17.2 Å². The van der Waals surface area contributed by atoms with E-state index in [0.717, 1.165) is 0 Å². The van der Waals surface area contributed by atoms with Gasteiger partial charge in [-0.2, -0.15) is 0 Å². The smallest absolute Gasteiger partial charge is 0.258 e. The number of nitrogens with zero attached hydrogens (tertiary/aromatic N) is 1. The Morgan fingerprint density at radius 2 is 1.69 bits per heavy atom. The molecule has 5 heteroatoms. The van der Waals surface area contributed by atoms with Crippen LogP contribution in [0.4, 0.5) is 0 Å². The topological polar surface area (TPSA) is 116 Å². The van der Waals surface area contributed by atoms with E-state index in [1.165, 1.54) is 23.5 Å². The molecule has 0 aromatic rings. The standard InChI is InChI=1S/C8H12N2O.2H3N/c1-4-10(5-2)8(11)7(3)6-9;;/h4-6H,1-2,9H2,3H3;2*1H3. The SMILES string of the molecule is C=CN(C=C)C(=O)C(C)=CN.N.N. The minimum atomic E-state index is -0.211. The number of nitrogens with two attached hydrogens (primary N) is 1. The molecule has 5 nitrogen and oxygen atoms in total. The van der Waals surface area contributed by atoms with Crippen LogP contribution in [0.25, 0.3) is 0 Å². The van der Waals surface area contributed by atoms with Gasteiger partial charge in [0, 0.05) is 24.2 Å². The van der Waals surface area contributed by atoms with E-state index in [2.05, 4.69) is 13.2 Å². The zero-order chi connectivity index (χ0) is 8.85. The average molecular weight is 186 g/mol. The van der Waals surface area contributed by atoms with Crippen LogP contribution in [0.15, 0.2) is 37.3 Å². The third-order valence-corrected chi connectivity index (χ3v) is 1.22. The van der Waals surface area contributed by atoms with Crippen molar-refractivity contribution in [2.45, 2.75) is 6.92 Å². The van der Waals surface area contributed by atoms with Crippen LogP contribution in [-0.4, -0.2) is 10.8 Å². The highest BCUT2D eigenvalue weighted by Crippen LogP contribution is 1.99. The third-order valence-electron chi connectivity index (χ3n) is 1.22. The number of amides is 1. The van der Waals surface area contributed by atoms with Gasteiger partial charge in [-0.15, -0.1) is 0 Å². The Bertz CT molecular complexity index is 202. The lowest BCUT2D eigenvalue weighted by atomic mass is 10.3. The monoisotopic (exact) mass is 186 g/mol. The van der Waals surface area contributed by atoms with E-state index < -0.39 is 0 Å². The summed E-state index contributed by atoms with van der Waals surface area (Å²) in [6.45, 7) is 8.50. The highest BCUT2D eigenvalue weighted by atomic mass is 16.2. The molecule has 76 valence electrons. The molecule has 0 spiro atoms. The van der Waals surface area contributed by atoms with Crippen molar-refractivity contribution in [3.8, 4) is 0 Å². The van der Waals surface area contributed by atoms with Crippen LogP contribution in [-0.2, 0) is 4.79 Å². The minimum Gasteiger partial charge on any atom is -0.404 e. The molecule has 0 unspecified atom stereocenters. The molecular weight excluding hydrogens is 168 g/mol. The summed E-state index contributed by atoms with van der Waals surface area (Å²) < 4.78 is 0. The first kappa shape index (κ1) is 17.5. The van der Waals surface area contributed by atoms with Crippen LogP contribution in [0.5, 0.6) is 0 Å². The van der Waals surface area contributed by atoms with Crippen molar-refractivity contribution in [2.24, 2.45) is 5.73 Å². The number of hydrogen-bond acceptors (Lipinski definition) is 4. The molecule has 8 N–H and O–H groups in total. The van der Waals surface area contributed by atoms with Crippen LogP contribution in [0.1, 0.15) is 6.92 Å². The van der Waals surface area contributed by atoms with Crippen molar-refractivity contribution in [3.63, 3.8) is 0 Å². The van der Waals surface area contributed by atoms with Gasteiger partial charge < -0.3 is 18.0 Å². The maximum Gasteiger partial charge on any atom is 0.258 e. The summed E-state index contributed by atoms with van der Waals surface area (Å²) in [5, 5.41) is 0. The van der Waals surface area contributed by atoms with Crippen LogP contribution in [0.3, 0.4) is 0 Å². The average Bonchev–Trinajstić information content (AvgIpc) is 2.05. The first-order valence-corrected chi connectivity index (χ1v) is 3.13. The summed E-state index contributed by atoms with van der Waals surface area (Å²) in [5.74, 6) is -0.211. The van der Waals surface area contributed by atoms with Gasteiger partial charge in [-0.05, 0) is 6.92 Å². The van der Waals surface area contributed by atoms with Gasteiger partial charge in [0.15, 0.2) is 0 Å². The second-order valence-corrected chi connectivity index (χ2v) is 1.93. The Balaban J connectivity index is -0.000000500. The van der Waals surface area contributed by atoms with Crippen molar-refractivity contribution < 1.29 is 4.79 Å². The minimum absolute atomic E-state index is 0. The number of hydrogen-bond donors (Lipinski definition) is 3. The molecule has 0 saturated carbocycles. The summed E-state index contributed by atoms with van der Waals surface area (Å²) in [4.78, 5) is 12.4. The van der Waals surface area contributed by atoms with E-state index in [4.69, 9.17) is 5.73 Å². The van der Waals surface area contributed by atoms with Crippen LogP contribution >= 0.6 is 0 Å². The summed E-state index contributed by atoms with van der Waals surface area (Å²) in [6.07, 6.45) is 4.01. The van der Waals surface area contributed by atoms with Gasteiger partial charge >= 0.3 is 0 Å². The fourth-order valence-electron chi connectivity index (χ4n) is 0.515. The Hall–Kier alpha value is -1.59. The Morgan fingerprint density at radius 3 is 1.92 bits per heavy atom. The lowest BCUT2D eigenvalue weighted by molar-refractivity contribution is -0.122. The second-order valence-electron chi connectivity index (χ2n) is 1.93. The molecule has 0 saturated heterocycles. The fourth-order valence-corrected chi connectivity index (χ4v) is 0.515. The fraction of sp³-hybridized carbons (Fsp3) is 0.125. The molecule has 0 heterocycles. The van der Waals surface area contributed by atoms with E-state index in [9.17, 15) is 4.79 Å². The molecule has 0 fully saturated rings. The Labute approximate surface area is 78.8 Å². The van der Waals surface area contributed by atoms with Gasteiger partial charge in [0.05, 0.1) is 0 Å². The second kappa shape index (κ2) is 8.51. The quantitative estimate of drug-likeness (QED) is 0.575. The Morgan fingerprint density at radius 1 is 1.31 bits per heavy atom. The maximum atomic E-state index is 11.2. The largest absolute Gasteiger partial charge is 0.404 e. The van der Waals surface area contributed by atoms with Crippen LogP contribution in [0, 0.1) is 0 Å². The van der Waals surface area contributed by atoms with Crippen molar-refractivity contribution in [1.29, 1.82) is 0 Å². The van der Waals surface area contributed by atoms with E-state index in [1.54, 1.807) is 6.92 Å². The molecule has 0 aliphatic heterocycles. The predicted molar refractivity (Wildman–Crippen MR) is 55.2 cm³/mol. The molecule has 0 rings (SSSR count). The molecular formula is C8H18N4O. The summed E-state index contributed by atoms with van der Waals surface area (Å²) >= 11 is 0. The van der Waals surface area contributed by atoms with Crippen LogP contribution < -0.4 is 18.0 Å². The van der Waals surface area contributed by atoms with Gasteiger partial charge in [0.25, 0.3) is 5.91 Å². The molecule has 1 amide bonds. The highest BCUT2D eigenvalue weighted by Gasteiger charge is 2.07. The van der Waals surface area contributed by atoms with Crippen molar-refractivity contribution >= 4 is 5.91 Å². The first-order chi connectivity index (χ1) is 5.17. The molecule has 0 aliphatic carbocycles.